The van der Waals surface area contributed by atoms with Crippen molar-refractivity contribution in [2.45, 2.75) is 18.1 Å². The summed E-state index contributed by atoms with van der Waals surface area (Å²) in [5, 5.41) is 25.1. The first-order valence-corrected chi connectivity index (χ1v) is 10.2. The van der Waals surface area contributed by atoms with E-state index in [0.29, 0.717) is 29.1 Å². The summed E-state index contributed by atoms with van der Waals surface area (Å²) in [6, 6.07) is 14.2. The minimum Gasteiger partial charge on any atom is -0.497 e. The molecule has 2 aliphatic rings. The van der Waals surface area contributed by atoms with Gasteiger partial charge >= 0.3 is 0 Å². The molecule has 8 nitrogen and oxygen atoms in total. The lowest BCUT2D eigenvalue weighted by atomic mass is 9.63. The molecular weight excluding hydrogens is 410 g/mol. The summed E-state index contributed by atoms with van der Waals surface area (Å²) < 4.78 is 10.8. The molecule has 0 unspecified atom stereocenters. The van der Waals surface area contributed by atoms with E-state index in [1.807, 2.05) is 0 Å². The zero-order valence-electron chi connectivity index (χ0n) is 17.6. The fourth-order valence-corrected chi connectivity index (χ4v) is 5.34. The van der Waals surface area contributed by atoms with Crippen LogP contribution in [0.15, 0.2) is 57.9 Å². The number of carbonyl (C=O) groups is 1. The van der Waals surface area contributed by atoms with Crippen LogP contribution in [0.1, 0.15) is 23.7 Å². The summed E-state index contributed by atoms with van der Waals surface area (Å²) >= 11 is 0. The van der Waals surface area contributed by atoms with Crippen molar-refractivity contribution >= 4 is 22.6 Å². The average Bonchev–Trinajstić information content (AvgIpc) is 3.29. The summed E-state index contributed by atoms with van der Waals surface area (Å²) in [4.78, 5) is 28.6. The van der Waals surface area contributed by atoms with Crippen molar-refractivity contribution in [1.29, 1.82) is 5.26 Å². The van der Waals surface area contributed by atoms with Gasteiger partial charge in [-0.05, 0) is 37.7 Å². The van der Waals surface area contributed by atoms with Crippen molar-refractivity contribution < 1.29 is 19.1 Å². The topological polar surface area (TPSA) is 116 Å². The number of aliphatic hydroxyl groups excluding tert-OH is 1. The molecular formula is C24H21N3O5. The van der Waals surface area contributed by atoms with Gasteiger partial charge in [-0.3, -0.25) is 14.5 Å². The van der Waals surface area contributed by atoms with E-state index in [1.54, 1.807) is 48.3 Å². The Hall–Kier alpha value is -3.67. The lowest BCUT2D eigenvalue weighted by Crippen LogP contribution is -2.56. The Morgan fingerprint density at radius 2 is 2.06 bits per heavy atom. The van der Waals surface area contributed by atoms with Gasteiger partial charge in [0, 0.05) is 17.8 Å². The minimum absolute atomic E-state index is 0.0702. The number of rotatable bonds is 3. The van der Waals surface area contributed by atoms with Gasteiger partial charge < -0.3 is 19.6 Å². The number of carbonyl (C=O) groups excluding carboxylic acids is 1. The quantitative estimate of drug-likeness (QED) is 0.655. The van der Waals surface area contributed by atoms with Crippen LogP contribution in [-0.2, 0) is 10.3 Å². The molecule has 0 aliphatic carbocycles. The van der Waals surface area contributed by atoms with E-state index >= 15 is 0 Å². The molecule has 1 aromatic heterocycles. The van der Waals surface area contributed by atoms with Crippen molar-refractivity contribution in [3.05, 3.63) is 70.1 Å². The number of fused-ring (bicyclic) bond motifs is 3. The van der Waals surface area contributed by atoms with Crippen LogP contribution in [0.4, 0.5) is 5.69 Å². The molecule has 1 fully saturated rings. The lowest BCUT2D eigenvalue weighted by Gasteiger charge is -2.42. The Balaban J connectivity index is 1.75. The normalized spacial score (nSPS) is 25.5. The number of para-hydroxylation sites is 1. The van der Waals surface area contributed by atoms with Crippen LogP contribution in [0.5, 0.6) is 5.75 Å². The molecule has 0 radical (unpaired) electrons. The van der Waals surface area contributed by atoms with Crippen LogP contribution in [0, 0.1) is 16.7 Å². The molecule has 1 amide bonds. The number of ether oxygens (including phenoxy) is 1. The SMILES string of the molecule is COc1ccc2occ([C@@H](O)[C@@]3(C#N)CCN(C)[C@@]34C(=O)Nc3ccccc34)c(=O)c2c1. The number of nitrogens with one attached hydrogen (secondary N) is 1. The van der Waals surface area contributed by atoms with Crippen LogP contribution in [-0.4, -0.2) is 36.6 Å². The molecule has 3 heterocycles. The van der Waals surface area contributed by atoms with Crippen molar-refractivity contribution in [1.82, 2.24) is 4.90 Å². The Morgan fingerprint density at radius 1 is 1.28 bits per heavy atom. The Bertz CT molecular complexity index is 1360. The molecule has 2 aliphatic heterocycles. The summed E-state index contributed by atoms with van der Waals surface area (Å²) in [5.74, 6) is 0.0683. The number of nitriles is 1. The fourth-order valence-electron chi connectivity index (χ4n) is 5.34. The number of anilines is 1. The third-order valence-corrected chi connectivity index (χ3v) is 6.92. The number of methoxy groups -OCH3 is 1. The molecule has 8 heteroatoms. The maximum absolute atomic E-state index is 13.4. The van der Waals surface area contributed by atoms with Crippen molar-refractivity contribution in [3.63, 3.8) is 0 Å². The smallest absolute Gasteiger partial charge is 0.251 e. The average molecular weight is 431 g/mol. The standard InChI is InChI=1S/C24H21N3O5/c1-27-10-9-23(13-25,24(27)17-5-3-4-6-18(17)26-22(24)30)21(29)16-12-32-19-8-7-14(31-2)11-15(19)20(16)28/h3-8,11-12,21,29H,9-10H2,1-2H3,(H,26,30)/t21-,23+,24+/m1/s1. The number of likely N-dealkylation sites (N-methyl/N-ethyl adjacent to an activating group) is 1. The second kappa shape index (κ2) is 6.92. The Labute approximate surface area is 183 Å². The molecule has 1 saturated heterocycles. The summed E-state index contributed by atoms with van der Waals surface area (Å²) in [6.45, 7) is 0.388. The van der Waals surface area contributed by atoms with Gasteiger partial charge in [0.25, 0.3) is 5.91 Å². The van der Waals surface area contributed by atoms with Crippen LogP contribution in [0.25, 0.3) is 11.0 Å². The van der Waals surface area contributed by atoms with Gasteiger partial charge in [-0.1, -0.05) is 18.2 Å². The largest absolute Gasteiger partial charge is 0.497 e. The number of aliphatic hydroxyl groups is 1. The third-order valence-electron chi connectivity index (χ3n) is 6.92. The monoisotopic (exact) mass is 431 g/mol. The van der Waals surface area contributed by atoms with Crippen LogP contribution < -0.4 is 15.5 Å². The zero-order valence-corrected chi connectivity index (χ0v) is 17.6. The molecule has 0 saturated carbocycles. The number of benzene rings is 2. The van der Waals surface area contributed by atoms with Gasteiger partial charge in [0.15, 0.2) is 5.43 Å². The summed E-state index contributed by atoms with van der Waals surface area (Å²) in [5.41, 5.74) is -2.07. The van der Waals surface area contributed by atoms with Crippen LogP contribution in [0.3, 0.4) is 0 Å². The summed E-state index contributed by atoms with van der Waals surface area (Å²) in [6.07, 6.45) is -0.189. The van der Waals surface area contributed by atoms with Gasteiger partial charge in [0.2, 0.25) is 0 Å². The molecule has 3 atom stereocenters. The Morgan fingerprint density at radius 3 is 2.81 bits per heavy atom. The van der Waals surface area contributed by atoms with Crippen LogP contribution >= 0.6 is 0 Å². The van der Waals surface area contributed by atoms with E-state index in [9.17, 15) is 20.0 Å². The lowest BCUT2D eigenvalue weighted by molar-refractivity contribution is -0.134. The maximum atomic E-state index is 13.4. The summed E-state index contributed by atoms with van der Waals surface area (Å²) in [7, 11) is 3.24. The maximum Gasteiger partial charge on any atom is 0.251 e. The van der Waals surface area contributed by atoms with Crippen molar-refractivity contribution in [2.24, 2.45) is 5.41 Å². The second-order valence-electron chi connectivity index (χ2n) is 8.25. The molecule has 32 heavy (non-hydrogen) atoms. The number of amides is 1. The van der Waals surface area contributed by atoms with E-state index in [0.717, 1.165) is 0 Å². The van der Waals surface area contributed by atoms with E-state index in [2.05, 4.69) is 11.4 Å². The predicted octanol–water partition coefficient (Wildman–Crippen LogP) is 2.53. The number of hydrogen-bond acceptors (Lipinski definition) is 7. The van der Waals surface area contributed by atoms with Gasteiger partial charge in [-0.15, -0.1) is 0 Å². The molecule has 2 N–H and O–H groups in total. The second-order valence-corrected chi connectivity index (χ2v) is 8.25. The first-order valence-electron chi connectivity index (χ1n) is 10.2. The number of nitrogens with zero attached hydrogens (tertiary/aromatic N) is 2. The van der Waals surface area contributed by atoms with Crippen molar-refractivity contribution in [2.75, 3.05) is 26.0 Å². The molecule has 2 aromatic carbocycles. The molecule has 0 bridgehead atoms. The van der Waals surface area contributed by atoms with E-state index in [4.69, 9.17) is 9.15 Å². The highest BCUT2D eigenvalue weighted by Crippen LogP contribution is 2.61. The number of likely N-dealkylation sites (tertiary alicyclic amines) is 1. The fraction of sp³-hybridized carbons (Fsp3) is 0.292. The Kier molecular flexibility index (Phi) is 4.38. The van der Waals surface area contributed by atoms with Gasteiger partial charge in [0.1, 0.15) is 34.7 Å². The highest BCUT2D eigenvalue weighted by Gasteiger charge is 2.70. The van der Waals surface area contributed by atoms with Gasteiger partial charge in [0.05, 0.1) is 24.1 Å². The molecule has 5 rings (SSSR count). The van der Waals surface area contributed by atoms with E-state index < -0.39 is 28.4 Å². The van der Waals surface area contributed by atoms with Crippen molar-refractivity contribution in [3.8, 4) is 11.8 Å². The highest BCUT2D eigenvalue weighted by molar-refractivity contribution is 6.07. The van der Waals surface area contributed by atoms with E-state index in [1.165, 1.54) is 19.4 Å². The van der Waals surface area contributed by atoms with Crippen LogP contribution in [0.2, 0.25) is 0 Å². The third kappa shape index (κ3) is 2.32. The van der Waals surface area contributed by atoms with Gasteiger partial charge in [-0.2, -0.15) is 5.26 Å². The highest BCUT2D eigenvalue weighted by atomic mass is 16.5. The first kappa shape index (κ1) is 20.2. The van der Waals surface area contributed by atoms with Gasteiger partial charge in [-0.25, -0.2) is 0 Å². The first-order chi connectivity index (χ1) is 15.4. The predicted molar refractivity (Wildman–Crippen MR) is 116 cm³/mol. The minimum atomic E-state index is -1.61. The molecule has 3 aromatic rings. The number of hydrogen-bond donors (Lipinski definition) is 2. The molecule has 162 valence electrons. The zero-order chi connectivity index (χ0) is 22.7. The van der Waals surface area contributed by atoms with E-state index in [-0.39, 0.29) is 17.4 Å². The molecule has 1 spiro atoms.